The normalized spacial score (nSPS) is 30.7. The summed E-state index contributed by atoms with van der Waals surface area (Å²) < 4.78 is 14.4. The van der Waals surface area contributed by atoms with E-state index in [4.69, 9.17) is 0 Å². The highest BCUT2D eigenvalue weighted by atomic mass is 19.1. The van der Waals surface area contributed by atoms with Gasteiger partial charge in [0.15, 0.2) is 0 Å². The van der Waals surface area contributed by atoms with Crippen LogP contribution in [0, 0.1) is 17.7 Å². The highest BCUT2D eigenvalue weighted by Gasteiger charge is 2.74. The van der Waals surface area contributed by atoms with Crippen LogP contribution in [0.5, 0.6) is 5.75 Å². The first-order valence-electron chi connectivity index (χ1n) is 12.0. The van der Waals surface area contributed by atoms with Crippen LogP contribution in [0.2, 0.25) is 0 Å². The Morgan fingerprint density at radius 3 is 2.50 bits per heavy atom. The van der Waals surface area contributed by atoms with Gasteiger partial charge < -0.3 is 15.7 Å². The number of rotatable bonds is 3. The number of nitrogens with one attached hydrogen (secondary N) is 1. The molecule has 6 rings (SSSR count). The average molecular weight is 465 g/mol. The van der Waals surface area contributed by atoms with E-state index in [1.54, 1.807) is 24.3 Å². The minimum Gasteiger partial charge on any atom is -0.508 e. The molecule has 0 bridgehead atoms. The van der Waals surface area contributed by atoms with Gasteiger partial charge in [-0.1, -0.05) is 31.4 Å². The van der Waals surface area contributed by atoms with E-state index in [2.05, 4.69) is 5.32 Å². The summed E-state index contributed by atoms with van der Waals surface area (Å²) >= 11 is 0. The second-order valence-electron chi connectivity index (χ2n) is 10.1. The fourth-order valence-electron chi connectivity index (χ4n) is 6.75. The van der Waals surface area contributed by atoms with E-state index < -0.39 is 23.2 Å². The zero-order valence-electron chi connectivity index (χ0n) is 18.7. The van der Waals surface area contributed by atoms with Crippen LogP contribution in [0.1, 0.15) is 43.2 Å². The number of imide groups is 1. The summed E-state index contributed by atoms with van der Waals surface area (Å²) in [6, 6.07) is 10.4. The molecule has 4 aliphatic rings. The number of nitrogens with zero attached hydrogens (tertiary/aromatic N) is 1. The number of fused-ring (bicyclic) bond motifs is 4. The van der Waals surface area contributed by atoms with Crippen molar-refractivity contribution in [1.29, 1.82) is 0 Å². The third-order valence-corrected chi connectivity index (χ3v) is 8.21. The molecule has 0 radical (unpaired) electrons. The fraction of sp³-hybridized carbons (Fsp3) is 0.423. The van der Waals surface area contributed by atoms with Gasteiger partial charge in [-0.3, -0.25) is 19.3 Å². The van der Waals surface area contributed by atoms with E-state index in [0.717, 1.165) is 37.7 Å². The summed E-state index contributed by atoms with van der Waals surface area (Å²) in [5.74, 6) is -2.79. The molecule has 7 nitrogen and oxygen atoms in total. The van der Waals surface area contributed by atoms with Crippen molar-refractivity contribution >= 4 is 23.4 Å². The van der Waals surface area contributed by atoms with Gasteiger partial charge in [0, 0.05) is 18.0 Å². The van der Waals surface area contributed by atoms with E-state index in [9.17, 15) is 23.9 Å². The predicted octanol–water partition coefficient (Wildman–Crippen LogP) is 1.80. The highest BCUT2D eigenvalue weighted by Crippen LogP contribution is 2.50. The number of quaternary nitrogens is 1. The first-order chi connectivity index (χ1) is 16.4. The van der Waals surface area contributed by atoms with Crippen molar-refractivity contribution in [2.24, 2.45) is 11.8 Å². The quantitative estimate of drug-likeness (QED) is 0.603. The SMILES string of the molecule is O=C1[C@@H]2[C@H](Cc3ccc(O)cc3)[NH2+][C@]3(C(=O)Nc4ccc(F)cc43)[C@H]2C(=O)N1C1CCCCC1. The largest absolute Gasteiger partial charge is 0.508 e. The molecule has 4 atom stereocenters. The molecular formula is C26H27FN3O4+. The van der Waals surface area contributed by atoms with Crippen molar-refractivity contribution in [2.45, 2.75) is 56.1 Å². The minimum atomic E-state index is -1.38. The summed E-state index contributed by atoms with van der Waals surface area (Å²) in [6.07, 6.45) is 5.05. The predicted molar refractivity (Wildman–Crippen MR) is 120 cm³/mol. The van der Waals surface area contributed by atoms with Gasteiger partial charge in [-0.25, -0.2) is 4.39 Å². The lowest BCUT2D eigenvalue weighted by Crippen LogP contribution is -2.99. The highest BCUT2D eigenvalue weighted by molar-refractivity contribution is 6.14. The molecule has 3 heterocycles. The van der Waals surface area contributed by atoms with E-state index >= 15 is 0 Å². The molecule has 2 aromatic rings. The number of hydrogen-bond donors (Lipinski definition) is 3. The van der Waals surface area contributed by atoms with Gasteiger partial charge in [0.2, 0.25) is 17.4 Å². The Morgan fingerprint density at radius 1 is 1.03 bits per heavy atom. The Hall–Kier alpha value is -3.26. The molecule has 2 aromatic carbocycles. The molecule has 176 valence electrons. The van der Waals surface area contributed by atoms with Gasteiger partial charge in [0.25, 0.3) is 5.91 Å². The van der Waals surface area contributed by atoms with Gasteiger partial charge in [0.1, 0.15) is 29.4 Å². The number of carbonyl (C=O) groups excluding carboxylic acids is 3. The lowest BCUT2D eigenvalue weighted by Gasteiger charge is -2.32. The number of carbonyl (C=O) groups is 3. The molecule has 0 aromatic heterocycles. The number of phenolic OH excluding ortho intramolecular Hbond substituents is 1. The number of hydrogen-bond acceptors (Lipinski definition) is 4. The standard InChI is InChI=1S/C26H26FN3O4/c27-15-8-11-19-18(13-15)26(25(34)28-19)22-21(20(29-26)12-14-6-9-17(31)10-7-14)23(32)30(24(22)33)16-4-2-1-3-5-16/h6-11,13,16,20-22,29,31H,1-5,12H2,(H,28,34)/p+1/t20-,21+,22+,26-/m0/s1. The Labute approximate surface area is 196 Å². The van der Waals surface area contributed by atoms with Crippen molar-refractivity contribution in [3.8, 4) is 5.75 Å². The monoisotopic (exact) mass is 464 g/mol. The number of aromatic hydroxyl groups is 1. The third kappa shape index (κ3) is 2.94. The van der Waals surface area contributed by atoms with E-state index in [0.29, 0.717) is 17.7 Å². The molecule has 3 aliphatic heterocycles. The lowest BCUT2D eigenvalue weighted by molar-refractivity contribution is -0.733. The number of likely N-dealkylation sites (tertiary alicyclic amines) is 1. The van der Waals surface area contributed by atoms with Gasteiger partial charge in [-0.05, 0) is 48.7 Å². The Balaban J connectivity index is 1.46. The molecule has 1 spiro atoms. The Kier molecular flexibility index (Phi) is 4.78. The van der Waals surface area contributed by atoms with Crippen molar-refractivity contribution in [2.75, 3.05) is 5.32 Å². The Morgan fingerprint density at radius 2 is 1.76 bits per heavy atom. The number of anilines is 1. The van der Waals surface area contributed by atoms with Gasteiger partial charge in [0.05, 0.1) is 5.69 Å². The molecule has 3 amide bonds. The van der Waals surface area contributed by atoms with Crippen LogP contribution in [-0.2, 0) is 26.3 Å². The molecule has 1 saturated carbocycles. The van der Waals surface area contributed by atoms with Gasteiger partial charge in [-0.15, -0.1) is 0 Å². The summed E-state index contributed by atoms with van der Waals surface area (Å²) in [5.41, 5.74) is 0.444. The number of benzene rings is 2. The number of phenols is 1. The van der Waals surface area contributed by atoms with Crippen molar-refractivity contribution in [3.05, 3.63) is 59.4 Å². The van der Waals surface area contributed by atoms with Crippen LogP contribution < -0.4 is 10.6 Å². The molecule has 2 saturated heterocycles. The van der Waals surface area contributed by atoms with Crippen LogP contribution in [0.25, 0.3) is 0 Å². The number of halogens is 1. The van der Waals surface area contributed by atoms with E-state index in [-0.39, 0.29) is 35.6 Å². The summed E-state index contributed by atoms with van der Waals surface area (Å²) in [4.78, 5) is 42.7. The molecular weight excluding hydrogens is 437 g/mol. The summed E-state index contributed by atoms with van der Waals surface area (Å²) in [5, 5.41) is 14.3. The van der Waals surface area contributed by atoms with Gasteiger partial charge >= 0.3 is 0 Å². The second-order valence-corrected chi connectivity index (χ2v) is 10.1. The summed E-state index contributed by atoms with van der Waals surface area (Å²) in [7, 11) is 0. The number of nitrogens with two attached hydrogens (primary N) is 1. The van der Waals surface area contributed by atoms with Crippen LogP contribution in [-0.4, -0.2) is 39.8 Å². The first-order valence-corrected chi connectivity index (χ1v) is 12.0. The fourth-order valence-corrected chi connectivity index (χ4v) is 6.75. The zero-order valence-corrected chi connectivity index (χ0v) is 18.7. The van der Waals surface area contributed by atoms with Crippen LogP contribution in [0.15, 0.2) is 42.5 Å². The number of amides is 3. The maximum absolute atomic E-state index is 14.4. The van der Waals surface area contributed by atoms with Crippen LogP contribution in [0.4, 0.5) is 10.1 Å². The van der Waals surface area contributed by atoms with Crippen LogP contribution in [0.3, 0.4) is 0 Å². The molecule has 3 fully saturated rings. The molecule has 0 unspecified atom stereocenters. The topological polar surface area (TPSA) is 103 Å². The average Bonchev–Trinajstić information content (AvgIpc) is 3.40. The van der Waals surface area contributed by atoms with Crippen molar-refractivity contribution in [1.82, 2.24) is 4.90 Å². The third-order valence-electron chi connectivity index (χ3n) is 8.21. The minimum absolute atomic E-state index is 0.137. The van der Waals surface area contributed by atoms with E-state index in [1.165, 1.54) is 23.1 Å². The lowest BCUT2D eigenvalue weighted by atomic mass is 9.76. The van der Waals surface area contributed by atoms with Crippen LogP contribution >= 0.6 is 0 Å². The molecule has 1 aliphatic carbocycles. The van der Waals surface area contributed by atoms with E-state index in [1.807, 2.05) is 5.32 Å². The van der Waals surface area contributed by atoms with Gasteiger partial charge in [-0.2, -0.15) is 0 Å². The maximum atomic E-state index is 14.4. The zero-order chi connectivity index (χ0) is 23.6. The molecule has 8 heteroatoms. The Bertz CT molecular complexity index is 1190. The molecule has 4 N–H and O–H groups in total. The second kappa shape index (κ2) is 7.63. The smallest absolute Gasteiger partial charge is 0.291 e. The maximum Gasteiger partial charge on any atom is 0.291 e. The van der Waals surface area contributed by atoms with Crippen molar-refractivity contribution < 1.29 is 29.2 Å². The molecule has 34 heavy (non-hydrogen) atoms. The summed E-state index contributed by atoms with van der Waals surface area (Å²) in [6.45, 7) is 0. The van der Waals surface area contributed by atoms with Crippen molar-refractivity contribution in [3.63, 3.8) is 0 Å². The first kappa shape index (κ1) is 21.3.